The van der Waals surface area contributed by atoms with Crippen LogP contribution in [0.15, 0.2) is 54.7 Å². The lowest BCUT2D eigenvalue weighted by molar-refractivity contribution is 0.0936. The standard InChI is InChI=1S/C22H27N5O2/c1-16(17-10-5-4-6-11-17)24-21(28)19-18-12-7-8-15-27(18)20(25-19)22(29)23-13-9-14-26(2)3/h4-8,10-12,15-16H,9,13-14H2,1-3H3,(H,23,29)(H,24,28). The van der Waals surface area contributed by atoms with E-state index in [4.69, 9.17) is 0 Å². The Bertz CT molecular complexity index is 981. The molecule has 0 spiro atoms. The van der Waals surface area contributed by atoms with Gasteiger partial charge in [0.1, 0.15) is 0 Å². The highest BCUT2D eigenvalue weighted by Crippen LogP contribution is 2.16. The summed E-state index contributed by atoms with van der Waals surface area (Å²) in [5.41, 5.74) is 1.85. The zero-order valence-corrected chi connectivity index (χ0v) is 17.1. The molecule has 0 saturated carbocycles. The topological polar surface area (TPSA) is 78.7 Å². The van der Waals surface area contributed by atoms with Gasteiger partial charge in [-0.3, -0.25) is 14.0 Å². The fraction of sp³-hybridized carbons (Fsp3) is 0.318. The Hall–Kier alpha value is -3.19. The molecule has 0 radical (unpaired) electrons. The van der Waals surface area contributed by atoms with E-state index in [0.717, 1.165) is 18.5 Å². The van der Waals surface area contributed by atoms with E-state index in [2.05, 4.69) is 20.5 Å². The van der Waals surface area contributed by atoms with Crippen LogP contribution in [0.1, 0.15) is 46.1 Å². The van der Waals surface area contributed by atoms with Gasteiger partial charge in [0.05, 0.1) is 11.6 Å². The third-order valence-electron chi connectivity index (χ3n) is 4.68. The molecule has 0 bridgehead atoms. The number of aromatic nitrogens is 2. The number of pyridine rings is 1. The van der Waals surface area contributed by atoms with E-state index in [1.165, 1.54) is 0 Å². The Kier molecular flexibility index (Phi) is 6.61. The van der Waals surface area contributed by atoms with Crippen molar-refractivity contribution < 1.29 is 9.59 Å². The molecule has 0 saturated heterocycles. The lowest BCUT2D eigenvalue weighted by Gasteiger charge is -2.13. The van der Waals surface area contributed by atoms with Crippen LogP contribution in [-0.2, 0) is 0 Å². The van der Waals surface area contributed by atoms with E-state index >= 15 is 0 Å². The van der Waals surface area contributed by atoms with Crippen molar-refractivity contribution in [1.29, 1.82) is 0 Å². The minimum Gasteiger partial charge on any atom is -0.349 e. The van der Waals surface area contributed by atoms with Crippen LogP contribution in [0.3, 0.4) is 0 Å². The van der Waals surface area contributed by atoms with Crippen LogP contribution in [0, 0.1) is 0 Å². The van der Waals surface area contributed by atoms with E-state index < -0.39 is 0 Å². The number of hydrogen-bond donors (Lipinski definition) is 2. The third-order valence-corrected chi connectivity index (χ3v) is 4.68. The molecule has 1 atom stereocenters. The monoisotopic (exact) mass is 393 g/mol. The van der Waals surface area contributed by atoms with Crippen molar-refractivity contribution in [1.82, 2.24) is 24.9 Å². The van der Waals surface area contributed by atoms with Crippen molar-refractivity contribution in [3.63, 3.8) is 0 Å². The summed E-state index contributed by atoms with van der Waals surface area (Å²) in [7, 11) is 3.98. The van der Waals surface area contributed by atoms with E-state index in [9.17, 15) is 9.59 Å². The first-order valence-electron chi connectivity index (χ1n) is 9.73. The molecule has 1 unspecified atom stereocenters. The average molecular weight is 393 g/mol. The average Bonchev–Trinajstić information content (AvgIpc) is 3.11. The molecule has 7 heteroatoms. The smallest absolute Gasteiger partial charge is 0.287 e. The SMILES string of the molecule is CC(NC(=O)c1nc(C(=O)NCCCN(C)C)n2ccccc12)c1ccccc1. The molecule has 2 amide bonds. The van der Waals surface area contributed by atoms with E-state index in [1.54, 1.807) is 16.7 Å². The van der Waals surface area contributed by atoms with Gasteiger partial charge in [0, 0.05) is 12.7 Å². The summed E-state index contributed by atoms with van der Waals surface area (Å²) in [6.45, 7) is 3.35. The first-order chi connectivity index (χ1) is 14.0. The maximum absolute atomic E-state index is 12.9. The van der Waals surface area contributed by atoms with Crippen LogP contribution in [0.5, 0.6) is 0 Å². The lowest BCUT2D eigenvalue weighted by Crippen LogP contribution is -2.29. The second-order valence-corrected chi connectivity index (χ2v) is 7.26. The van der Waals surface area contributed by atoms with Crippen molar-refractivity contribution in [2.75, 3.05) is 27.2 Å². The zero-order chi connectivity index (χ0) is 20.8. The molecule has 3 aromatic rings. The van der Waals surface area contributed by atoms with Crippen LogP contribution in [0.4, 0.5) is 0 Å². The van der Waals surface area contributed by atoms with E-state index in [-0.39, 0.29) is 29.4 Å². The highest BCUT2D eigenvalue weighted by Gasteiger charge is 2.22. The maximum atomic E-state index is 12.9. The Morgan fingerprint density at radius 2 is 1.79 bits per heavy atom. The quantitative estimate of drug-likeness (QED) is 0.577. The van der Waals surface area contributed by atoms with Gasteiger partial charge in [-0.15, -0.1) is 0 Å². The Balaban J connectivity index is 1.78. The highest BCUT2D eigenvalue weighted by molar-refractivity contribution is 6.02. The van der Waals surface area contributed by atoms with Crippen LogP contribution in [0.25, 0.3) is 5.52 Å². The van der Waals surface area contributed by atoms with Crippen molar-refractivity contribution in [2.45, 2.75) is 19.4 Å². The number of amides is 2. The Morgan fingerprint density at radius 3 is 2.52 bits per heavy atom. The first kappa shape index (κ1) is 20.5. The molecule has 0 aliphatic rings. The fourth-order valence-electron chi connectivity index (χ4n) is 3.13. The van der Waals surface area contributed by atoms with Gasteiger partial charge in [-0.25, -0.2) is 4.98 Å². The molecule has 0 fully saturated rings. The predicted molar refractivity (Wildman–Crippen MR) is 113 cm³/mol. The molecule has 0 aliphatic carbocycles. The number of carbonyl (C=O) groups is 2. The van der Waals surface area contributed by atoms with Gasteiger partial charge < -0.3 is 15.5 Å². The molecule has 152 valence electrons. The second kappa shape index (κ2) is 9.34. The number of imidazole rings is 1. The number of carbonyl (C=O) groups excluding carboxylic acids is 2. The summed E-state index contributed by atoms with van der Waals surface area (Å²) in [6.07, 6.45) is 2.58. The minimum atomic E-state index is -0.309. The zero-order valence-electron chi connectivity index (χ0n) is 17.1. The van der Waals surface area contributed by atoms with Gasteiger partial charge in [-0.05, 0) is 51.7 Å². The van der Waals surface area contributed by atoms with Gasteiger partial charge >= 0.3 is 0 Å². The molecule has 2 heterocycles. The number of rotatable bonds is 8. The largest absolute Gasteiger partial charge is 0.349 e. The van der Waals surface area contributed by atoms with Crippen molar-refractivity contribution in [3.8, 4) is 0 Å². The van der Waals surface area contributed by atoms with Crippen LogP contribution >= 0.6 is 0 Å². The van der Waals surface area contributed by atoms with Gasteiger partial charge in [0.15, 0.2) is 5.69 Å². The van der Waals surface area contributed by atoms with E-state index in [1.807, 2.05) is 63.5 Å². The summed E-state index contributed by atoms with van der Waals surface area (Å²) >= 11 is 0. The molecule has 3 rings (SSSR count). The van der Waals surface area contributed by atoms with Crippen molar-refractivity contribution in [3.05, 3.63) is 71.8 Å². The molecule has 1 aromatic carbocycles. The number of hydrogen-bond acceptors (Lipinski definition) is 4. The van der Waals surface area contributed by atoms with Crippen molar-refractivity contribution in [2.24, 2.45) is 0 Å². The highest BCUT2D eigenvalue weighted by atomic mass is 16.2. The van der Waals surface area contributed by atoms with Crippen LogP contribution in [-0.4, -0.2) is 53.3 Å². The molecule has 7 nitrogen and oxygen atoms in total. The molecule has 2 aromatic heterocycles. The summed E-state index contributed by atoms with van der Waals surface area (Å²) in [6, 6.07) is 15.0. The Morgan fingerprint density at radius 1 is 1.07 bits per heavy atom. The summed E-state index contributed by atoms with van der Waals surface area (Å²) in [5.74, 6) is -0.389. The lowest BCUT2D eigenvalue weighted by atomic mass is 10.1. The normalized spacial score (nSPS) is 12.1. The fourth-order valence-corrected chi connectivity index (χ4v) is 3.13. The number of nitrogens with one attached hydrogen (secondary N) is 2. The van der Waals surface area contributed by atoms with Gasteiger partial charge in [-0.1, -0.05) is 36.4 Å². The molecule has 0 aliphatic heterocycles. The summed E-state index contributed by atoms with van der Waals surface area (Å²) in [4.78, 5) is 32.0. The first-order valence-corrected chi connectivity index (χ1v) is 9.73. The van der Waals surface area contributed by atoms with Gasteiger partial charge in [-0.2, -0.15) is 0 Å². The van der Waals surface area contributed by atoms with Gasteiger partial charge in [0.25, 0.3) is 11.8 Å². The second-order valence-electron chi connectivity index (χ2n) is 7.26. The number of nitrogens with zero attached hydrogens (tertiary/aromatic N) is 3. The molecular weight excluding hydrogens is 366 g/mol. The van der Waals surface area contributed by atoms with E-state index in [0.29, 0.717) is 12.1 Å². The Labute approximate surface area is 170 Å². The van der Waals surface area contributed by atoms with Gasteiger partial charge in [0.2, 0.25) is 5.82 Å². The summed E-state index contributed by atoms with van der Waals surface area (Å²) < 4.78 is 1.66. The minimum absolute atomic E-state index is 0.174. The molecule has 2 N–H and O–H groups in total. The molecule has 29 heavy (non-hydrogen) atoms. The maximum Gasteiger partial charge on any atom is 0.287 e. The van der Waals surface area contributed by atoms with Crippen LogP contribution in [0.2, 0.25) is 0 Å². The number of benzene rings is 1. The molecular formula is C22H27N5O2. The van der Waals surface area contributed by atoms with Crippen LogP contribution < -0.4 is 10.6 Å². The third kappa shape index (κ3) is 5.00. The summed E-state index contributed by atoms with van der Waals surface area (Å²) in [5, 5.41) is 5.85. The van der Waals surface area contributed by atoms with Crippen molar-refractivity contribution >= 4 is 17.3 Å². The predicted octanol–water partition coefficient (Wildman–Crippen LogP) is 2.51. The number of fused-ring (bicyclic) bond motifs is 1.